The Bertz CT molecular complexity index is 1780. The molecule has 0 bridgehead atoms. The van der Waals surface area contributed by atoms with Gasteiger partial charge in [0.15, 0.2) is 23.6 Å². The van der Waals surface area contributed by atoms with Gasteiger partial charge in [0, 0.05) is 29.4 Å². The zero-order valence-corrected chi connectivity index (χ0v) is 26.0. The van der Waals surface area contributed by atoms with Crippen LogP contribution in [-0.4, -0.2) is 54.7 Å². The van der Waals surface area contributed by atoms with Gasteiger partial charge in [0.05, 0.1) is 31.0 Å². The van der Waals surface area contributed by atoms with Crippen molar-refractivity contribution < 1.29 is 54.1 Å². The molecule has 1 aliphatic heterocycles. The van der Waals surface area contributed by atoms with Crippen molar-refractivity contribution in [3.8, 4) is 23.2 Å². The lowest BCUT2D eigenvalue weighted by Gasteiger charge is -2.27. The number of halogens is 8. The highest BCUT2D eigenvalue weighted by Gasteiger charge is 2.38. The number of benzene rings is 2. The molecule has 2 unspecified atom stereocenters. The maximum absolute atomic E-state index is 15.1. The molecule has 1 aliphatic carbocycles. The molecule has 49 heavy (non-hydrogen) atoms. The number of allylic oxidation sites excluding steroid dienone is 1. The summed E-state index contributed by atoms with van der Waals surface area (Å²) in [4.78, 5) is 7.98. The molecule has 1 fully saturated rings. The van der Waals surface area contributed by atoms with Crippen LogP contribution in [0.3, 0.4) is 0 Å². The summed E-state index contributed by atoms with van der Waals surface area (Å²) in [6.45, 7) is 3.83. The van der Waals surface area contributed by atoms with Gasteiger partial charge in [0.1, 0.15) is 23.5 Å². The maximum atomic E-state index is 15.1. The van der Waals surface area contributed by atoms with Crippen LogP contribution in [0.5, 0.6) is 0 Å². The topological polar surface area (TPSA) is 62.7 Å². The summed E-state index contributed by atoms with van der Waals surface area (Å²) in [5, 5.41) is 0. The molecule has 0 saturated carbocycles. The molecule has 2 aromatic carbocycles. The van der Waals surface area contributed by atoms with Gasteiger partial charge < -0.3 is 14.2 Å². The van der Waals surface area contributed by atoms with Gasteiger partial charge in [-0.15, -0.1) is 13.2 Å². The second-order valence-corrected chi connectivity index (χ2v) is 11.0. The Morgan fingerprint density at radius 2 is 1.59 bits per heavy atom. The van der Waals surface area contributed by atoms with Crippen molar-refractivity contribution in [3.63, 3.8) is 0 Å². The second-order valence-electron chi connectivity index (χ2n) is 11.0. The van der Waals surface area contributed by atoms with E-state index in [9.17, 15) is 26.3 Å². The van der Waals surface area contributed by atoms with Crippen LogP contribution in [0, 0.1) is 30.4 Å². The zero-order valence-electron chi connectivity index (χ0n) is 26.0. The van der Waals surface area contributed by atoms with E-state index in [1.165, 1.54) is 36.7 Å². The van der Waals surface area contributed by atoms with E-state index in [0.717, 1.165) is 29.8 Å². The second kappa shape index (κ2) is 15.3. The van der Waals surface area contributed by atoms with Crippen molar-refractivity contribution in [3.05, 3.63) is 106 Å². The first kappa shape index (κ1) is 35.7. The number of aromatic nitrogens is 2. The van der Waals surface area contributed by atoms with Crippen molar-refractivity contribution >= 4 is 11.7 Å². The van der Waals surface area contributed by atoms with Crippen LogP contribution in [0.4, 0.5) is 35.1 Å². The number of hydrogen-bond acceptors (Lipinski definition) is 6. The summed E-state index contributed by atoms with van der Waals surface area (Å²) in [6, 6.07) is 7.08. The summed E-state index contributed by atoms with van der Waals surface area (Å²) in [5.74, 6) is -0.989. The standard InChI is InChI=1S/C35H28F8N2O4/c1-3-10-46-28-14-29(49-35(41,42)43)25(36)11-22(28)8-9-30-47-17-24(18-48-30)20-4-6-21(7-5-20)32(39)33(40)31-26(37)12-23(13-27(31)38)34-44-15-19(2)16-45-34/h4-7,11-16,24-25,29-30H,3,10,17-18H2,1-2H3/b33-32+. The first-order valence-corrected chi connectivity index (χ1v) is 15.0. The normalized spacial score (nSPS) is 21.6. The number of alkyl halides is 4. The van der Waals surface area contributed by atoms with E-state index in [2.05, 4.69) is 26.5 Å². The van der Waals surface area contributed by atoms with Crippen LogP contribution in [-0.2, 0) is 18.9 Å². The third-order valence-electron chi connectivity index (χ3n) is 7.30. The highest BCUT2D eigenvalue weighted by atomic mass is 19.4. The van der Waals surface area contributed by atoms with Gasteiger partial charge in [-0.05, 0) is 54.7 Å². The molecule has 1 saturated heterocycles. The molecule has 14 heteroatoms. The first-order chi connectivity index (χ1) is 23.3. The van der Waals surface area contributed by atoms with Crippen molar-refractivity contribution in [1.82, 2.24) is 9.97 Å². The third-order valence-corrected chi connectivity index (χ3v) is 7.30. The van der Waals surface area contributed by atoms with Gasteiger partial charge in [-0.1, -0.05) is 37.1 Å². The summed E-state index contributed by atoms with van der Waals surface area (Å²) in [5.41, 5.74) is -0.133. The Morgan fingerprint density at radius 3 is 2.18 bits per heavy atom. The van der Waals surface area contributed by atoms with E-state index in [-0.39, 0.29) is 54.0 Å². The van der Waals surface area contributed by atoms with Gasteiger partial charge in [-0.3, -0.25) is 4.74 Å². The number of nitrogens with zero attached hydrogens (tertiary/aromatic N) is 2. The Hall–Kier alpha value is -4.58. The molecule has 2 atom stereocenters. The van der Waals surface area contributed by atoms with E-state index < -0.39 is 53.8 Å². The predicted octanol–water partition coefficient (Wildman–Crippen LogP) is 8.45. The van der Waals surface area contributed by atoms with Crippen LogP contribution < -0.4 is 0 Å². The summed E-state index contributed by atoms with van der Waals surface area (Å²) < 4.78 is 133. The van der Waals surface area contributed by atoms with Crippen LogP contribution >= 0.6 is 0 Å². The smallest absolute Gasteiger partial charge is 0.493 e. The molecule has 3 aromatic rings. The van der Waals surface area contributed by atoms with Crippen molar-refractivity contribution in [2.24, 2.45) is 0 Å². The molecule has 0 radical (unpaired) electrons. The van der Waals surface area contributed by atoms with Crippen LogP contribution in [0.25, 0.3) is 23.0 Å². The number of rotatable bonds is 8. The lowest BCUT2D eigenvalue weighted by Crippen LogP contribution is -2.32. The Kier molecular flexibility index (Phi) is 11.2. The van der Waals surface area contributed by atoms with Gasteiger partial charge in [-0.2, -0.15) is 0 Å². The minimum Gasteiger partial charge on any atom is -0.493 e. The van der Waals surface area contributed by atoms with Crippen LogP contribution in [0.1, 0.15) is 41.5 Å². The van der Waals surface area contributed by atoms with Crippen molar-refractivity contribution in [2.45, 2.75) is 51.1 Å². The van der Waals surface area contributed by atoms with E-state index >= 15 is 8.78 Å². The number of hydrogen-bond donors (Lipinski definition) is 0. The molecular formula is C35H28F8N2O4. The number of aryl methyl sites for hydroxylation is 1. The molecule has 2 heterocycles. The van der Waals surface area contributed by atoms with Crippen molar-refractivity contribution in [1.29, 1.82) is 0 Å². The molecule has 6 nitrogen and oxygen atoms in total. The van der Waals surface area contributed by atoms with Gasteiger partial charge in [-0.25, -0.2) is 31.9 Å². The molecule has 1 aromatic heterocycles. The van der Waals surface area contributed by atoms with Crippen LogP contribution in [0.2, 0.25) is 0 Å². The first-order valence-electron chi connectivity index (χ1n) is 15.0. The molecule has 5 rings (SSSR count). The molecular weight excluding hydrogens is 664 g/mol. The highest BCUT2D eigenvalue weighted by Crippen LogP contribution is 2.35. The summed E-state index contributed by atoms with van der Waals surface area (Å²) in [7, 11) is 0. The van der Waals surface area contributed by atoms with Crippen LogP contribution in [0.15, 0.2) is 72.3 Å². The fraction of sp³-hybridized carbons (Fsp3) is 0.314. The fourth-order valence-electron chi connectivity index (χ4n) is 4.87. The highest BCUT2D eigenvalue weighted by molar-refractivity contribution is 5.84. The molecule has 0 N–H and O–H groups in total. The zero-order chi connectivity index (χ0) is 35.3. The van der Waals surface area contributed by atoms with E-state index in [1.807, 2.05) is 0 Å². The SMILES string of the molecule is CCCOC1=CC(OC(F)(F)F)C(F)C=C1C#CC1OCC(c2ccc(/C(F)=C(\F)c3c(F)cc(-c4ncc(C)cn4)cc3F)cc2)CO1. The predicted molar refractivity (Wildman–Crippen MR) is 162 cm³/mol. The van der Waals surface area contributed by atoms with Gasteiger partial charge in [0.2, 0.25) is 6.29 Å². The molecule has 258 valence electrons. The lowest BCUT2D eigenvalue weighted by atomic mass is 9.98. The Labute approximate surface area is 276 Å². The average Bonchev–Trinajstić information content (AvgIpc) is 3.07. The average molecular weight is 693 g/mol. The summed E-state index contributed by atoms with van der Waals surface area (Å²) >= 11 is 0. The lowest BCUT2D eigenvalue weighted by molar-refractivity contribution is -0.340. The minimum atomic E-state index is -5.05. The van der Waals surface area contributed by atoms with Crippen molar-refractivity contribution in [2.75, 3.05) is 19.8 Å². The molecule has 2 aliphatic rings. The Balaban J connectivity index is 1.23. The Morgan fingerprint density at radius 1 is 0.959 bits per heavy atom. The van der Waals surface area contributed by atoms with E-state index in [4.69, 9.17) is 14.2 Å². The monoisotopic (exact) mass is 692 g/mol. The van der Waals surface area contributed by atoms with E-state index in [0.29, 0.717) is 12.0 Å². The fourth-order valence-corrected chi connectivity index (χ4v) is 4.87. The van der Waals surface area contributed by atoms with Gasteiger partial charge in [0.25, 0.3) is 0 Å². The van der Waals surface area contributed by atoms with Gasteiger partial charge >= 0.3 is 6.36 Å². The largest absolute Gasteiger partial charge is 0.523 e. The molecule has 0 amide bonds. The minimum absolute atomic E-state index is 0.00573. The number of ether oxygens (including phenoxy) is 4. The quantitative estimate of drug-likeness (QED) is 0.134. The van der Waals surface area contributed by atoms with E-state index in [1.54, 1.807) is 13.8 Å². The third kappa shape index (κ3) is 8.91. The summed E-state index contributed by atoms with van der Waals surface area (Å²) in [6.07, 6.45) is -4.99. The maximum Gasteiger partial charge on any atom is 0.523 e. The molecule has 0 spiro atoms.